The Morgan fingerprint density at radius 3 is 2.45 bits per heavy atom. The fourth-order valence-electron chi connectivity index (χ4n) is 2.39. The van der Waals surface area contributed by atoms with E-state index in [2.05, 4.69) is 61.5 Å². The van der Waals surface area contributed by atoms with Gasteiger partial charge in [-0.2, -0.15) is 0 Å². The Morgan fingerprint density at radius 2 is 1.60 bits per heavy atom. The molecular formula is C18H25NO. The van der Waals surface area contributed by atoms with Gasteiger partial charge < -0.3 is 9.64 Å². The third-order valence-electron chi connectivity index (χ3n) is 3.51. The molecule has 0 saturated carbocycles. The van der Waals surface area contributed by atoms with Crippen molar-refractivity contribution in [1.29, 1.82) is 0 Å². The highest BCUT2D eigenvalue weighted by Crippen LogP contribution is 2.25. The molecule has 2 rings (SSSR count). The molecule has 0 aliphatic heterocycles. The maximum Gasteiger partial charge on any atom is 0.127 e. The molecule has 0 unspecified atom stereocenters. The number of hydrogen-bond donors (Lipinski definition) is 0. The maximum absolute atomic E-state index is 5.94. The van der Waals surface area contributed by atoms with Crippen LogP contribution in [0.25, 0.3) is 10.8 Å². The minimum Gasteiger partial charge on any atom is -0.493 e. The van der Waals surface area contributed by atoms with Crippen LogP contribution < -0.4 is 4.74 Å². The molecule has 0 bridgehead atoms. The van der Waals surface area contributed by atoms with Gasteiger partial charge in [0.05, 0.1) is 6.61 Å². The van der Waals surface area contributed by atoms with Crippen molar-refractivity contribution < 1.29 is 4.74 Å². The summed E-state index contributed by atoms with van der Waals surface area (Å²) in [5, 5.41) is 2.46. The van der Waals surface area contributed by atoms with E-state index in [9.17, 15) is 0 Å². The first-order chi connectivity index (χ1) is 9.77. The Labute approximate surface area is 122 Å². The van der Waals surface area contributed by atoms with E-state index >= 15 is 0 Å². The van der Waals surface area contributed by atoms with Gasteiger partial charge in [0.15, 0.2) is 0 Å². The van der Waals surface area contributed by atoms with E-state index in [1.165, 1.54) is 36.6 Å². The molecule has 0 fully saturated rings. The van der Waals surface area contributed by atoms with Crippen molar-refractivity contribution in [3.8, 4) is 5.75 Å². The predicted octanol–water partition coefficient (Wildman–Crippen LogP) is 4.34. The highest BCUT2D eigenvalue weighted by atomic mass is 16.5. The Hall–Kier alpha value is -1.54. The number of nitrogens with zero attached hydrogens (tertiary/aromatic N) is 1. The summed E-state index contributed by atoms with van der Waals surface area (Å²) in [5.74, 6) is 1.01. The van der Waals surface area contributed by atoms with Crippen LogP contribution in [-0.4, -0.2) is 32.1 Å². The molecule has 0 N–H and O–H groups in total. The minimum atomic E-state index is 0.815. The zero-order valence-electron chi connectivity index (χ0n) is 12.6. The number of hydrogen-bond acceptors (Lipinski definition) is 2. The van der Waals surface area contributed by atoms with E-state index in [1.54, 1.807) is 0 Å². The zero-order valence-corrected chi connectivity index (χ0v) is 12.6. The molecule has 108 valence electrons. The second kappa shape index (κ2) is 7.91. The molecule has 0 aliphatic carbocycles. The smallest absolute Gasteiger partial charge is 0.127 e. The number of unbranched alkanes of at least 4 members (excludes halogenated alkanes) is 3. The van der Waals surface area contributed by atoms with Crippen molar-refractivity contribution in [3.05, 3.63) is 42.5 Å². The van der Waals surface area contributed by atoms with Gasteiger partial charge in [-0.25, -0.2) is 0 Å². The van der Waals surface area contributed by atoms with E-state index in [4.69, 9.17) is 4.74 Å². The van der Waals surface area contributed by atoms with Gasteiger partial charge >= 0.3 is 0 Å². The average Bonchev–Trinajstić information content (AvgIpc) is 2.46. The normalized spacial score (nSPS) is 11.2. The summed E-state index contributed by atoms with van der Waals surface area (Å²) in [6.07, 6.45) is 4.95. The molecule has 20 heavy (non-hydrogen) atoms. The fraction of sp³-hybridized carbons (Fsp3) is 0.444. The van der Waals surface area contributed by atoms with Crippen LogP contribution in [0.3, 0.4) is 0 Å². The Morgan fingerprint density at radius 1 is 0.850 bits per heavy atom. The Kier molecular flexibility index (Phi) is 5.87. The molecule has 0 atom stereocenters. The average molecular weight is 271 g/mol. The monoisotopic (exact) mass is 271 g/mol. The lowest BCUT2D eigenvalue weighted by molar-refractivity contribution is 0.305. The lowest BCUT2D eigenvalue weighted by Crippen LogP contribution is -2.12. The molecule has 0 amide bonds. The Balaban J connectivity index is 1.73. The minimum absolute atomic E-state index is 0.815. The lowest BCUT2D eigenvalue weighted by Gasteiger charge is -2.10. The van der Waals surface area contributed by atoms with Crippen LogP contribution in [0.4, 0.5) is 0 Å². The Bertz CT molecular complexity index is 516. The van der Waals surface area contributed by atoms with Crippen molar-refractivity contribution in [1.82, 2.24) is 4.90 Å². The van der Waals surface area contributed by atoms with Gasteiger partial charge in [-0.1, -0.05) is 49.2 Å². The topological polar surface area (TPSA) is 12.5 Å². The van der Waals surface area contributed by atoms with Crippen LogP contribution in [0.5, 0.6) is 5.75 Å². The van der Waals surface area contributed by atoms with E-state index in [-0.39, 0.29) is 0 Å². The molecule has 0 aromatic heterocycles. The van der Waals surface area contributed by atoms with Gasteiger partial charge in [0, 0.05) is 5.39 Å². The van der Waals surface area contributed by atoms with E-state index in [0.29, 0.717) is 0 Å². The van der Waals surface area contributed by atoms with Gasteiger partial charge in [-0.15, -0.1) is 0 Å². The summed E-state index contributed by atoms with van der Waals surface area (Å²) in [7, 11) is 4.26. The van der Waals surface area contributed by atoms with Crippen LogP contribution in [0, 0.1) is 0 Å². The third-order valence-corrected chi connectivity index (χ3v) is 3.51. The SMILES string of the molecule is CN(C)CCCCCCOc1cccc2ccccc12. The van der Waals surface area contributed by atoms with Crippen LogP contribution in [0.1, 0.15) is 25.7 Å². The van der Waals surface area contributed by atoms with Crippen molar-refractivity contribution in [3.63, 3.8) is 0 Å². The largest absolute Gasteiger partial charge is 0.493 e. The quantitative estimate of drug-likeness (QED) is 0.662. The van der Waals surface area contributed by atoms with Gasteiger partial charge in [0.25, 0.3) is 0 Å². The zero-order chi connectivity index (χ0) is 14.2. The standard InChI is InChI=1S/C18H25NO/c1-19(2)14-7-3-4-8-15-20-18-13-9-11-16-10-5-6-12-17(16)18/h5-6,9-13H,3-4,7-8,14-15H2,1-2H3. The summed E-state index contributed by atoms with van der Waals surface area (Å²) >= 11 is 0. The highest BCUT2D eigenvalue weighted by molar-refractivity contribution is 5.88. The van der Waals surface area contributed by atoms with Crippen LogP contribution in [-0.2, 0) is 0 Å². The van der Waals surface area contributed by atoms with E-state index in [1.807, 2.05) is 0 Å². The van der Waals surface area contributed by atoms with Crippen molar-refractivity contribution in [2.45, 2.75) is 25.7 Å². The first-order valence-electron chi connectivity index (χ1n) is 7.52. The third kappa shape index (κ3) is 4.53. The van der Waals surface area contributed by atoms with Crippen molar-refractivity contribution in [2.24, 2.45) is 0 Å². The molecule has 0 heterocycles. The number of rotatable bonds is 8. The van der Waals surface area contributed by atoms with Gasteiger partial charge in [-0.3, -0.25) is 0 Å². The second-order valence-corrected chi connectivity index (χ2v) is 5.54. The number of ether oxygens (including phenoxy) is 1. The molecule has 0 saturated heterocycles. The van der Waals surface area contributed by atoms with Crippen LogP contribution in [0.15, 0.2) is 42.5 Å². The predicted molar refractivity (Wildman–Crippen MR) is 86.5 cm³/mol. The fourth-order valence-corrected chi connectivity index (χ4v) is 2.39. The molecule has 2 heteroatoms. The molecule has 2 aromatic rings. The van der Waals surface area contributed by atoms with Crippen molar-refractivity contribution >= 4 is 10.8 Å². The van der Waals surface area contributed by atoms with Gasteiger partial charge in [-0.05, 0) is 44.9 Å². The second-order valence-electron chi connectivity index (χ2n) is 5.54. The number of fused-ring (bicyclic) bond motifs is 1. The maximum atomic E-state index is 5.94. The summed E-state index contributed by atoms with van der Waals surface area (Å²) in [6, 6.07) is 14.6. The van der Waals surface area contributed by atoms with E-state index < -0.39 is 0 Å². The molecule has 0 radical (unpaired) electrons. The van der Waals surface area contributed by atoms with E-state index in [0.717, 1.165) is 18.8 Å². The molecule has 2 aromatic carbocycles. The van der Waals surface area contributed by atoms with Crippen LogP contribution in [0.2, 0.25) is 0 Å². The first kappa shape index (κ1) is 14.9. The molecule has 0 spiro atoms. The number of benzene rings is 2. The van der Waals surface area contributed by atoms with Gasteiger partial charge in [0.1, 0.15) is 5.75 Å². The van der Waals surface area contributed by atoms with Crippen LogP contribution >= 0.6 is 0 Å². The van der Waals surface area contributed by atoms with Gasteiger partial charge in [0.2, 0.25) is 0 Å². The summed E-state index contributed by atoms with van der Waals surface area (Å²) in [6.45, 7) is 2.00. The van der Waals surface area contributed by atoms with Crippen molar-refractivity contribution in [2.75, 3.05) is 27.2 Å². The molecule has 2 nitrogen and oxygen atoms in total. The summed E-state index contributed by atoms with van der Waals surface area (Å²) in [5.41, 5.74) is 0. The highest BCUT2D eigenvalue weighted by Gasteiger charge is 2.00. The first-order valence-corrected chi connectivity index (χ1v) is 7.52. The summed E-state index contributed by atoms with van der Waals surface area (Å²) in [4.78, 5) is 2.24. The lowest BCUT2D eigenvalue weighted by atomic mass is 10.1. The molecule has 0 aliphatic rings. The molecular weight excluding hydrogens is 246 g/mol. The summed E-state index contributed by atoms with van der Waals surface area (Å²) < 4.78 is 5.94.